The number of nitrogens with zero attached hydrogens (tertiary/aromatic N) is 2. The van der Waals surface area contributed by atoms with E-state index in [1.54, 1.807) is 25.4 Å². The van der Waals surface area contributed by atoms with E-state index in [1.165, 1.54) is 12.3 Å². The molecule has 2 rings (SSSR count). The third kappa shape index (κ3) is 2.98. The minimum Gasteiger partial charge on any atom is -0.495 e. The van der Waals surface area contributed by atoms with Gasteiger partial charge in [0.15, 0.2) is 5.69 Å². The van der Waals surface area contributed by atoms with Crippen LogP contribution < -0.4 is 10.1 Å². The van der Waals surface area contributed by atoms with Crippen LogP contribution in [0.15, 0.2) is 35.6 Å². The summed E-state index contributed by atoms with van der Waals surface area (Å²) in [5, 5.41) is 2.69. The topological polar surface area (TPSA) is 77.2 Å². The molecule has 2 heterocycles. The number of methoxy groups -OCH3 is 1. The van der Waals surface area contributed by atoms with Gasteiger partial charge < -0.3 is 14.5 Å². The molecule has 1 amide bonds. The molecule has 0 radical (unpaired) electrons. The van der Waals surface area contributed by atoms with E-state index in [9.17, 15) is 4.79 Å². The maximum absolute atomic E-state index is 11.8. The van der Waals surface area contributed by atoms with Gasteiger partial charge in [0.2, 0.25) is 5.89 Å². The lowest BCUT2D eigenvalue weighted by molar-refractivity contribution is 0.0945. The Morgan fingerprint density at radius 3 is 3.16 bits per heavy atom. The first kappa shape index (κ1) is 12.8. The number of aromatic nitrogens is 2. The highest BCUT2D eigenvalue weighted by Crippen LogP contribution is 2.14. The first-order chi connectivity index (χ1) is 9.24. The Kier molecular flexibility index (Phi) is 3.92. The molecule has 0 aromatic carbocycles. The fourth-order valence-electron chi connectivity index (χ4n) is 1.48. The molecule has 2 aromatic rings. The van der Waals surface area contributed by atoms with Crippen molar-refractivity contribution in [1.29, 1.82) is 0 Å². The lowest BCUT2D eigenvalue weighted by atomic mass is 10.3. The molecule has 6 heteroatoms. The minimum atomic E-state index is -0.343. The second-order valence-corrected chi connectivity index (χ2v) is 3.61. The summed E-state index contributed by atoms with van der Waals surface area (Å²) in [4.78, 5) is 19.9. The molecule has 0 bridgehead atoms. The van der Waals surface area contributed by atoms with E-state index in [2.05, 4.69) is 21.9 Å². The van der Waals surface area contributed by atoms with E-state index in [-0.39, 0.29) is 18.1 Å². The van der Waals surface area contributed by atoms with Gasteiger partial charge in [0.05, 0.1) is 13.7 Å². The summed E-state index contributed by atoms with van der Waals surface area (Å²) in [6, 6.07) is 3.54. The van der Waals surface area contributed by atoms with Gasteiger partial charge in [-0.1, -0.05) is 6.58 Å². The van der Waals surface area contributed by atoms with E-state index in [4.69, 9.17) is 9.15 Å². The second-order valence-electron chi connectivity index (χ2n) is 3.61. The van der Waals surface area contributed by atoms with Gasteiger partial charge in [0.1, 0.15) is 17.7 Å². The van der Waals surface area contributed by atoms with Crippen LogP contribution in [-0.2, 0) is 6.54 Å². The van der Waals surface area contributed by atoms with Gasteiger partial charge in [-0.15, -0.1) is 0 Å². The maximum Gasteiger partial charge on any atom is 0.273 e. The number of pyridine rings is 1. The van der Waals surface area contributed by atoms with E-state index in [1.807, 2.05) is 0 Å². The van der Waals surface area contributed by atoms with Gasteiger partial charge in [0, 0.05) is 6.20 Å². The summed E-state index contributed by atoms with van der Waals surface area (Å²) >= 11 is 0. The summed E-state index contributed by atoms with van der Waals surface area (Å²) in [6.07, 6.45) is 4.34. The molecule has 1 N–H and O–H groups in total. The molecule has 6 nitrogen and oxygen atoms in total. The Balaban J connectivity index is 2.02. The number of hydrogen-bond acceptors (Lipinski definition) is 5. The molecule has 0 spiro atoms. The van der Waals surface area contributed by atoms with Gasteiger partial charge in [-0.3, -0.25) is 9.78 Å². The molecule has 0 aliphatic carbocycles. The second kappa shape index (κ2) is 5.81. The number of oxazole rings is 1. The Labute approximate surface area is 110 Å². The Morgan fingerprint density at radius 2 is 2.47 bits per heavy atom. The van der Waals surface area contributed by atoms with Crippen molar-refractivity contribution >= 4 is 12.0 Å². The van der Waals surface area contributed by atoms with Crippen molar-refractivity contribution in [3.05, 3.63) is 48.5 Å². The molecular formula is C13H13N3O3. The summed E-state index contributed by atoms with van der Waals surface area (Å²) in [5.74, 6) is 0.583. The van der Waals surface area contributed by atoms with Crippen molar-refractivity contribution in [1.82, 2.24) is 15.3 Å². The lowest BCUT2D eigenvalue weighted by Gasteiger charge is -2.07. The molecule has 0 aliphatic heterocycles. The van der Waals surface area contributed by atoms with E-state index >= 15 is 0 Å². The minimum absolute atomic E-state index is 0.199. The first-order valence-electron chi connectivity index (χ1n) is 5.58. The van der Waals surface area contributed by atoms with Crippen LogP contribution in [0.4, 0.5) is 0 Å². The average Bonchev–Trinajstić information content (AvgIpc) is 2.94. The van der Waals surface area contributed by atoms with Gasteiger partial charge in [-0.25, -0.2) is 4.98 Å². The van der Waals surface area contributed by atoms with Crippen molar-refractivity contribution in [2.24, 2.45) is 0 Å². The fourth-order valence-corrected chi connectivity index (χ4v) is 1.48. The van der Waals surface area contributed by atoms with E-state index in [0.29, 0.717) is 17.3 Å². The average molecular weight is 259 g/mol. The SMILES string of the molecule is C=Cc1nc(C(=O)NCc2ncccc2OC)co1. The predicted molar refractivity (Wildman–Crippen MR) is 68.6 cm³/mol. The standard InChI is InChI=1S/C13H13N3O3/c1-3-12-16-10(8-19-12)13(17)15-7-9-11(18-2)5-4-6-14-9/h3-6,8H,1,7H2,2H3,(H,15,17). The molecule has 0 aliphatic rings. The molecule has 2 aromatic heterocycles. The van der Waals surface area contributed by atoms with Gasteiger partial charge in [-0.05, 0) is 18.2 Å². The molecule has 0 unspecified atom stereocenters. The molecule has 0 saturated carbocycles. The van der Waals surface area contributed by atoms with Crippen LogP contribution in [-0.4, -0.2) is 23.0 Å². The zero-order chi connectivity index (χ0) is 13.7. The zero-order valence-corrected chi connectivity index (χ0v) is 10.4. The summed E-state index contributed by atoms with van der Waals surface area (Å²) in [6.45, 7) is 3.75. The zero-order valence-electron chi connectivity index (χ0n) is 10.4. The summed E-state index contributed by atoms with van der Waals surface area (Å²) in [7, 11) is 1.55. The Bertz CT molecular complexity index is 592. The predicted octanol–water partition coefficient (Wildman–Crippen LogP) is 1.65. The van der Waals surface area contributed by atoms with Crippen molar-refractivity contribution < 1.29 is 13.9 Å². The van der Waals surface area contributed by atoms with Crippen LogP contribution in [0, 0.1) is 0 Å². The molecule has 0 fully saturated rings. The first-order valence-corrected chi connectivity index (χ1v) is 5.58. The van der Waals surface area contributed by atoms with Crippen LogP contribution >= 0.6 is 0 Å². The van der Waals surface area contributed by atoms with Gasteiger partial charge in [0.25, 0.3) is 5.91 Å². The largest absolute Gasteiger partial charge is 0.495 e. The molecule has 98 valence electrons. The van der Waals surface area contributed by atoms with Crippen molar-refractivity contribution in [3.8, 4) is 5.75 Å². The Morgan fingerprint density at radius 1 is 1.63 bits per heavy atom. The van der Waals surface area contributed by atoms with Crippen molar-refractivity contribution in [2.45, 2.75) is 6.54 Å². The third-order valence-electron chi connectivity index (χ3n) is 2.41. The van der Waals surface area contributed by atoms with E-state index in [0.717, 1.165) is 0 Å². The van der Waals surface area contributed by atoms with E-state index < -0.39 is 0 Å². The summed E-state index contributed by atoms with van der Waals surface area (Å²) in [5.41, 5.74) is 0.843. The van der Waals surface area contributed by atoms with Crippen LogP contribution in [0.5, 0.6) is 5.75 Å². The number of carbonyl (C=O) groups is 1. The van der Waals surface area contributed by atoms with Crippen LogP contribution in [0.2, 0.25) is 0 Å². The van der Waals surface area contributed by atoms with Gasteiger partial charge in [-0.2, -0.15) is 0 Å². The summed E-state index contributed by atoms with van der Waals surface area (Å²) < 4.78 is 10.1. The monoisotopic (exact) mass is 259 g/mol. The Hall–Kier alpha value is -2.63. The third-order valence-corrected chi connectivity index (χ3v) is 2.41. The lowest BCUT2D eigenvalue weighted by Crippen LogP contribution is -2.23. The normalized spacial score (nSPS) is 9.95. The fraction of sp³-hybridized carbons (Fsp3) is 0.154. The van der Waals surface area contributed by atoms with Crippen molar-refractivity contribution in [2.75, 3.05) is 7.11 Å². The van der Waals surface area contributed by atoms with Crippen molar-refractivity contribution in [3.63, 3.8) is 0 Å². The number of rotatable bonds is 5. The van der Waals surface area contributed by atoms with Gasteiger partial charge >= 0.3 is 0 Å². The maximum atomic E-state index is 11.8. The smallest absolute Gasteiger partial charge is 0.273 e. The highest BCUT2D eigenvalue weighted by atomic mass is 16.5. The molecule has 0 saturated heterocycles. The van der Waals surface area contributed by atoms with Crippen LogP contribution in [0.25, 0.3) is 6.08 Å². The van der Waals surface area contributed by atoms with Crippen LogP contribution in [0.1, 0.15) is 22.1 Å². The number of hydrogen-bond donors (Lipinski definition) is 1. The molecule has 19 heavy (non-hydrogen) atoms. The number of ether oxygens (including phenoxy) is 1. The number of carbonyl (C=O) groups excluding carboxylic acids is 1. The quantitative estimate of drug-likeness (QED) is 0.883. The highest BCUT2D eigenvalue weighted by molar-refractivity contribution is 5.92. The molecule has 0 atom stereocenters. The highest BCUT2D eigenvalue weighted by Gasteiger charge is 2.12. The number of nitrogens with one attached hydrogen (secondary N) is 1. The number of amides is 1. The molecular weight excluding hydrogens is 246 g/mol. The van der Waals surface area contributed by atoms with Crippen LogP contribution in [0.3, 0.4) is 0 Å².